The lowest BCUT2D eigenvalue weighted by molar-refractivity contribution is -0.115. The van der Waals surface area contributed by atoms with Crippen molar-refractivity contribution in [3.8, 4) is 0 Å². The molecule has 0 unspecified atom stereocenters. The van der Waals surface area contributed by atoms with Gasteiger partial charge in [0.1, 0.15) is 5.82 Å². The number of thiazole rings is 1. The summed E-state index contributed by atoms with van der Waals surface area (Å²) >= 11 is 1.18. The van der Waals surface area contributed by atoms with Crippen LogP contribution < -0.4 is 10.6 Å². The fourth-order valence-electron chi connectivity index (χ4n) is 2.15. The zero-order valence-electron chi connectivity index (χ0n) is 13.0. The second-order valence-corrected chi connectivity index (χ2v) is 6.03. The van der Waals surface area contributed by atoms with Gasteiger partial charge in [0.15, 0.2) is 5.13 Å². The van der Waals surface area contributed by atoms with Crippen LogP contribution in [0.4, 0.5) is 15.2 Å². The van der Waals surface area contributed by atoms with Gasteiger partial charge in [-0.3, -0.25) is 14.9 Å². The third-order valence-electron chi connectivity index (χ3n) is 3.29. The average Bonchev–Trinajstić information content (AvgIpc) is 3.02. The van der Waals surface area contributed by atoms with E-state index in [1.165, 1.54) is 29.5 Å². The summed E-state index contributed by atoms with van der Waals surface area (Å²) in [6.07, 6.45) is 0.0843. The molecule has 0 bridgehead atoms. The molecule has 0 spiro atoms. The van der Waals surface area contributed by atoms with Crippen LogP contribution in [0.25, 0.3) is 0 Å². The highest BCUT2D eigenvalue weighted by Gasteiger charge is 2.14. The highest BCUT2D eigenvalue weighted by molar-refractivity contribution is 7.14. The van der Waals surface area contributed by atoms with Crippen molar-refractivity contribution < 1.29 is 14.0 Å². The van der Waals surface area contributed by atoms with Crippen LogP contribution in [0.3, 0.4) is 0 Å². The predicted octanol–water partition coefficient (Wildman–Crippen LogP) is 3.72. The molecule has 0 saturated carbocycles. The largest absolute Gasteiger partial charge is 0.326 e. The Morgan fingerprint density at radius 1 is 1.00 bits per heavy atom. The Bertz CT molecular complexity index is 896. The van der Waals surface area contributed by atoms with Crippen LogP contribution in [0.2, 0.25) is 0 Å². The first kappa shape index (κ1) is 16.8. The molecular weight excluding hydrogens is 341 g/mol. The van der Waals surface area contributed by atoms with Gasteiger partial charge in [0.25, 0.3) is 5.91 Å². The van der Waals surface area contributed by atoms with Gasteiger partial charge in [-0.2, -0.15) is 0 Å². The number of nitrogens with one attached hydrogen (secondary N) is 2. The highest BCUT2D eigenvalue weighted by Crippen LogP contribution is 2.18. The van der Waals surface area contributed by atoms with E-state index in [0.717, 1.165) is 0 Å². The molecule has 2 amide bonds. The molecule has 0 fully saturated rings. The summed E-state index contributed by atoms with van der Waals surface area (Å²) in [5.41, 5.74) is 1.18. The lowest BCUT2D eigenvalue weighted by Gasteiger charge is -2.03. The highest BCUT2D eigenvalue weighted by atomic mass is 32.1. The number of benzene rings is 2. The van der Waals surface area contributed by atoms with Crippen LogP contribution >= 0.6 is 11.3 Å². The lowest BCUT2D eigenvalue weighted by atomic mass is 10.2. The number of hydrogen-bond acceptors (Lipinski definition) is 4. The van der Waals surface area contributed by atoms with Gasteiger partial charge < -0.3 is 5.32 Å². The molecule has 1 heterocycles. The second-order valence-electron chi connectivity index (χ2n) is 5.17. The zero-order chi connectivity index (χ0) is 17.6. The van der Waals surface area contributed by atoms with Gasteiger partial charge in [-0.15, -0.1) is 11.3 Å². The summed E-state index contributed by atoms with van der Waals surface area (Å²) in [4.78, 5) is 28.2. The number of para-hydroxylation sites is 1. The SMILES string of the molecule is O=C(Cc1csc(NC(=O)c2ccccc2F)n1)Nc1ccccc1. The van der Waals surface area contributed by atoms with Crippen molar-refractivity contribution in [1.29, 1.82) is 0 Å². The van der Waals surface area contributed by atoms with E-state index in [0.29, 0.717) is 16.5 Å². The fraction of sp³-hybridized carbons (Fsp3) is 0.0556. The van der Waals surface area contributed by atoms with Gasteiger partial charge in [-0.1, -0.05) is 30.3 Å². The molecule has 3 rings (SSSR count). The molecule has 0 aliphatic carbocycles. The number of halogens is 1. The van der Waals surface area contributed by atoms with Crippen LogP contribution in [-0.2, 0) is 11.2 Å². The van der Waals surface area contributed by atoms with Crippen molar-refractivity contribution in [2.24, 2.45) is 0 Å². The molecule has 5 nitrogen and oxygen atoms in total. The molecule has 0 saturated heterocycles. The monoisotopic (exact) mass is 355 g/mol. The molecule has 25 heavy (non-hydrogen) atoms. The fourth-order valence-corrected chi connectivity index (χ4v) is 2.85. The topological polar surface area (TPSA) is 71.1 Å². The van der Waals surface area contributed by atoms with Crippen LogP contribution in [0, 0.1) is 5.82 Å². The molecule has 0 radical (unpaired) electrons. The van der Waals surface area contributed by atoms with Crippen molar-refractivity contribution in [3.05, 3.63) is 77.1 Å². The first-order valence-corrected chi connectivity index (χ1v) is 8.35. The normalized spacial score (nSPS) is 10.3. The van der Waals surface area contributed by atoms with E-state index in [1.807, 2.05) is 18.2 Å². The summed E-state index contributed by atoms with van der Waals surface area (Å²) in [7, 11) is 0. The quantitative estimate of drug-likeness (QED) is 0.733. The van der Waals surface area contributed by atoms with E-state index in [1.54, 1.807) is 23.6 Å². The molecule has 0 aliphatic rings. The Kier molecular flexibility index (Phi) is 5.15. The van der Waals surface area contributed by atoms with Crippen molar-refractivity contribution in [2.75, 3.05) is 10.6 Å². The van der Waals surface area contributed by atoms with Gasteiger partial charge in [-0.05, 0) is 24.3 Å². The lowest BCUT2D eigenvalue weighted by Crippen LogP contribution is -2.15. The Hall–Kier alpha value is -3.06. The van der Waals surface area contributed by atoms with E-state index in [2.05, 4.69) is 15.6 Å². The Labute approximate surface area is 147 Å². The number of anilines is 2. The molecule has 2 aromatic carbocycles. The first-order chi connectivity index (χ1) is 12.1. The number of carbonyl (C=O) groups excluding carboxylic acids is 2. The van der Waals surface area contributed by atoms with Crippen LogP contribution in [0.5, 0.6) is 0 Å². The molecule has 7 heteroatoms. The van der Waals surface area contributed by atoms with Gasteiger partial charge in [0.2, 0.25) is 5.91 Å². The first-order valence-electron chi connectivity index (χ1n) is 7.47. The van der Waals surface area contributed by atoms with Crippen LogP contribution in [0.15, 0.2) is 60.0 Å². The molecule has 1 aromatic heterocycles. The predicted molar refractivity (Wildman–Crippen MR) is 95.2 cm³/mol. The van der Waals surface area contributed by atoms with Gasteiger partial charge in [0.05, 0.1) is 17.7 Å². The number of amides is 2. The van der Waals surface area contributed by atoms with Crippen molar-refractivity contribution in [3.63, 3.8) is 0 Å². The van der Waals surface area contributed by atoms with E-state index in [9.17, 15) is 14.0 Å². The maximum absolute atomic E-state index is 13.6. The van der Waals surface area contributed by atoms with E-state index in [-0.39, 0.29) is 17.9 Å². The standard InChI is InChI=1S/C18H14FN3O2S/c19-15-9-5-4-8-14(15)17(24)22-18-21-13(11-25-18)10-16(23)20-12-6-2-1-3-7-12/h1-9,11H,10H2,(H,20,23)(H,21,22,24). The Morgan fingerprint density at radius 3 is 2.48 bits per heavy atom. The maximum Gasteiger partial charge on any atom is 0.260 e. The van der Waals surface area contributed by atoms with Crippen LogP contribution in [-0.4, -0.2) is 16.8 Å². The molecule has 2 N–H and O–H groups in total. The Morgan fingerprint density at radius 2 is 1.72 bits per heavy atom. The molecular formula is C18H14FN3O2S. The smallest absolute Gasteiger partial charge is 0.260 e. The number of rotatable bonds is 5. The minimum Gasteiger partial charge on any atom is -0.326 e. The summed E-state index contributed by atoms with van der Waals surface area (Å²) in [5.74, 6) is -1.38. The van der Waals surface area contributed by atoms with Gasteiger partial charge in [-0.25, -0.2) is 9.37 Å². The molecule has 126 valence electrons. The maximum atomic E-state index is 13.6. The van der Waals surface area contributed by atoms with Crippen molar-refractivity contribution >= 4 is 34.0 Å². The third kappa shape index (κ3) is 4.48. The zero-order valence-corrected chi connectivity index (χ0v) is 13.8. The van der Waals surface area contributed by atoms with Crippen molar-refractivity contribution in [1.82, 2.24) is 4.98 Å². The van der Waals surface area contributed by atoms with E-state index >= 15 is 0 Å². The number of nitrogens with zero attached hydrogens (tertiary/aromatic N) is 1. The average molecular weight is 355 g/mol. The molecule has 3 aromatic rings. The minimum atomic E-state index is -0.598. The van der Waals surface area contributed by atoms with E-state index < -0.39 is 11.7 Å². The van der Waals surface area contributed by atoms with Gasteiger partial charge in [0, 0.05) is 11.1 Å². The summed E-state index contributed by atoms with van der Waals surface area (Å²) in [6.45, 7) is 0. The van der Waals surface area contributed by atoms with Crippen LogP contribution in [0.1, 0.15) is 16.1 Å². The second kappa shape index (κ2) is 7.67. The minimum absolute atomic E-state index is 0.0546. The number of carbonyl (C=O) groups is 2. The van der Waals surface area contributed by atoms with Gasteiger partial charge >= 0.3 is 0 Å². The molecule has 0 aliphatic heterocycles. The van der Waals surface area contributed by atoms with Crippen molar-refractivity contribution in [2.45, 2.75) is 6.42 Å². The number of aromatic nitrogens is 1. The summed E-state index contributed by atoms with van der Waals surface area (Å²) in [6, 6.07) is 14.8. The molecule has 0 atom stereocenters. The summed E-state index contributed by atoms with van der Waals surface area (Å²) < 4.78 is 13.6. The Balaban J connectivity index is 1.60. The van der Waals surface area contributed by atoms with E-state index in [4.69, 9.17) is 0 Å². The third-order valence-corrected chi connectivity index (χ3v) is 4.10. The number of hydrogen-bond donors (Lipinski definition) is 2. The summed E-state index contributed by atoms with van der Waals surface area (Å²) in [5, 5.41) is 7.30.